The molecule has 1 fully saturated rings. The van der Waals surface area contributed by atoms with Crippen LogP contribution in [-0.2, 0) is 0 Å². The van der Waals surface area contributed by atoms with Crippen molar-refractivity contribution in [1.82, 2.24) is 9.80 Å². The topological polar surface area (TPSA) is 6.48 Å². The molecule has 1 aliphatic carbocycles. The van der Waals surface area contributed by atoms with Crippen LogP contribution in [0.25, 0.3) is 0 Å². The Labute approximate surface area is 136 Å². The van der Waals surface area contributed by atoms with Gasteiger partial charge < -0.3 is 9.80 Å². The van der Waals surface area contributed by atoms with Crippen LogP contribution in [0.3, 0.4) is 0 Å². The molecule has 2 atom stereocenters. The lowest BCUT2D eigenvalue weighted by Crippen LogP contribution is -2.33. The van der Waals surface area contributed by atoms with Gasteiger partial charge in [-0.3, -0.25) is 0 Å². The molecule has 2 unspecified atom stereocenters. The van der Waals surface area contributed by atoms with E-state index in [1.807, 2.05) is 36.7 Å². The fourth-order valence-electron chi connectivity index (χ4n) is 3.01. The summed E-state index contributed by atoms with van der Waals surface area (Å²) in [6.07, 6.45) is 22.8. The average Bonchev–Trinajstić information content (AvgIpc) is 2.52. The van der Waals surface area contributed by atoms with Gasteiger partial charge in [0, 0.05) is 24.5 Å². The average molecular weight is 298 g/mol. The monoisotopic (exact) mass is 298 g/mol. The number of hydrogen-bond acceptors (Lipinski definition) is 2. The highest BCUT2D eigenvalue weighted by Crippen LogP contribution is 2.25. The van der Waals surface area contributed by atoms with Gasteiger partial charge in [0.25, 0.3) is 0 Å². The minimum atomic E-state index is 0.520. The second-order valence-electron chi connectivity index (χ2n) is 5.58. The number of rotatable bonds is 8. The first-order valence-electron chi connectivity index (χ1n) is 8.15. The summed E-state index contributed by atoms with van der Waals surface area (Å²) in [5, 5.41) is 0. The summed E-state index contributed by atoms with van der Waals surface area (Å²) in [7, 11) is 0. The van der Waals surface area contributed by atoms with E-state index in [0.717, 1.165) is 12.8 Å². The molecule has 1 aliphatic rings. The van der Waals surface area contributed by atoms with Crippen molar-refractivity contribution in [1.29, 1.82) is 0 Å². The highest BCUT2D eigenvalue weighted by Gasteiger charge is 2.21. The van der Waals surface area contributed by atoms with Gasteiger partial charge in [0.15, 0.2) is 0 Å². The van der Waals surface area contributed by atoms with Crippen LogP contribution in [-0.4, -0.2) is 21.9 Å². The first-order valence-corrected chi connectivity index (χ1v) is 8.15. The van der Waals surface area contributed by atoms with Crippen LogP contribution in [0.15, 0.2) is 75.4 Å². The second kappa shape index (κ2) is 10.7. The molecule has 22 heavy (non-hydrogen) atoms. The number of nitrogens with zero attached hydrogens (tertiary/aromatic N) is 2. The molecule has 2 heteroatoms. The quantitative estimate of drug-likeness (QED) is 0.556. The minimum Gasteiger partial charge on any atom is -0.352 e. The molecule has 0 aromatic rings. The van der Waals surface area contributed by atoms with E-state index in [1.165, 1.54) is 25.7 Å². The van der Waals surface area contributed by atoms with E-state index in [-0.39, 0.29) is 0 Å². The Balaban J connectivity index is 2.73. The third-order valence-corrected chi connectivity index (χ3v) is 4.21. The van der Waals surface area contributed by atoms with E-state index in [2.05, 4.69) is 48.5 Å². The fraction of sp³-hybridized carbons (Fsp3) is 0.400. The Morgan fingerprint density at radius 3 is 1.36 bits per heavy atom. The van der Waals surface area contributed by atoms with E-state index in [0.29, 0.717) is 12.1 Å². The van der Waals surface area contributed by atoms with Gasteiger partial charge in [-0.2, -0.15) is 0 Å². The third kappa shape index (κ3) is 5.80. The van der Waals surface area contributed by atoms with Gasteiger partial charge in [-0.05, 0) is 50.2 Å². The molecular formula is C20H30N2. The van der Waals surface area contributed by atoms with Crippen molar-refractivity contribution in [3.63, 3.8) is 0 Å². The van der Waals surface area contributed by atoms with Crippen LogP contribution in [0.2, 0.25) is 0 Å². The van der Waals surface area contributed by atoms with Crippen LogP contribution < -0.4 is 0 Å². The molecule has 0 aromatic heterocycles. The molecule has 0 radical (unpaired) electrons. The van der Waals surface area contributed by atoms with E-state index in [9.17, 15) is 0 Å². The maximum atomic E-state index is 3.95. The van der Waals surface area contributed by atoms with E-state index in [4.69, 9.17) is 0 Å². The lowest BCUT2D eigenvalue weighted by molar-refractivity contribution is 0.234. The van der Waals surface area contributed by atoms with E-state index in [1.54, 1.807) is 0 Å². The van der Waals surface area contributed by atoms with Crippen molar-refractivity contribution in [3.8, 4) is 0 Å². The zero-order valence-electron chi connectivity index (χ0n) is 13.7. The molecule has 0 aromatic carbocycles. The Morgan fingerprint density at radius 1 is 0.636 bits per heavy atom. The van der Waals surface area contributed by atoms with Crippen LogP contribution in [0, 0.1) is 0 Å². The van der Waals surface area contributed by atoms with Gasteiger partial charge in [-0.25, -0.2) is 0 Å². The van der Waals surface area contributed by atoms with Crippen LogP contribution in [0.5, 0.6) is 0 Å². The van der Waals surface area contributed by atoms with Crippen LogP contribution in [0.4, 0.5) is 0 Å². The molecule has 0 saturated heterocycles. The van der Waals surface area contributed by atoms with Crippen molar-refractivity contribution < 1.29 is 0 Å². The standard InChI is InChI=1S/C20H30N2/c1-5-9-17-21(7-3)19-13-11-12-14-20(16-15-19)22(8-4)18-10-6-2/h5-10,17-20H,1-4,11-16H2/b17-9-,18-10-. The largest absolute Gasteiger partial charge is 0.352 e. The maximum Gasteiger partial charge on any atom is 0.0331 e. The highest BCUT2D eigenvalue weighted by atomic mass is 15.1. The van der Waals surface area contributed by atoms with Gasteiger partial charge in [0.05, 0.1) is 0 Å². The Bertz CT molecular complexity index is 379. The summed E-state index contributed by atoms with van der Waals surface area (Å²) in [6.45, 7) is 15.4. The summed E-state index contributed by atoms with van der Waals surface area (Å²) in [5.74, 6) is 0. The van der Waals surface area contributed by atoms with Crippen LogP contribution >= 0.6 is 0 Å². The molecule has 0 amide bonds. The maximum absolute atomic E-state index is 3.95. The SMILES string of the molecule is C=C/C=C\N(C=C)C1CCCCC(N(C=C)/C=C\C=C)CC1. The smallest absolute Gasteiger partial charge is 0.0331 e. The molecular weight excluding hydrogens is 268 g/mol. The summed E-state index contributed by atoms with van der Waals surface area (Å²) in [6, 6.07) is 1.04. The Hall–Kier alpha value is -1.96. The lowest BCUT2D eigenvalue weighted by Gasteiger charge is -2.34. The first-order chi connectivity index (χ1) is 10.8. The zero-order valence-corrected chi connectivity index (χ0v) is 13.7. The Morgan fingerprint density at radius 2 is 1.05 bits per heavy atom. The van der Waals surface area contributed by atoms with Crippen molar-refractivity contribution in [2.24, 2.45) is 0 Å². The molecule has 2 nitrogen and oxygen atoms in total. The molecule has 120 valence electrons. The van der Waals surface area contributed by atoms with Crippen molar-refractivity contribution >= 4 is 0 Å². The van der Waals surface area contributed by atoms with Crippen LogP contribution in [0.1, 0.15) is 38.5 Å². The molecule has 1 saturated carbocycles. The summed E-state index contributed by atoms with van der Waals surface area (Å²) in [4.78, 5) is 4.45. The van der Waals surface area contributed by atoms with Crippen molar-refractivity contribution in [3.05, 3.63) is 75.4 Å². The number of allylic oxidation sites excluding steroid dienone is 4. The summed E-state index contributed by atoms with van der Waals surface area (Å²) >= 11 is 0. The molecule has 0 aliphatic heterocycles. The minimum absolute atomic E-state index is 0.520. The fourth-order valence-corrected chi connectivity index (χ4v) is 3.01. The van der Waals surface area contributed by atoms with Gasteiger partial charge in [0.2, 0.25) is 0 Å². The number of hydrogen-bond donors (Lipinski definition) is 0. The lowest BCUT2D eigenvalue weighted by atomic mass is 9.92. The van der Waals surface area contributed by atoms with Gasteiger partial charge >= 0.3 is 0 Å². The predicted octanol–water partition coefficient (Wildman–Crippen LogP) is 5.37. The van der Waals surface area contributed by atoms with Crippen molar-refractivity contribution in [2.45, 2.75) is 50.6 Å². The summed E-state index contributed by atoms with van der Waals surface area (Å²) in [5.41, 5.74) is 0. The molecule has 0 N–H and O–H groups in total. The molecule has 0 bridgehead atoms. The first kappa shape index (κ1) is 18.1. The van der Waals surface area contributed by atoms with Gasteiger partial charge in [0.1, 0.15) is 0 Å². The van der Waals surface area contributed by atoms with E-state index >= 15 is 0 Å². The molecule has 0 heterocycles. The zero-order chi connectivity index (χ0) is 16.2. The molecule has 1 rings (SSSR count). The van der Waals surface area contributed by atoms with E-state index < -0.39 is 0 Å². The third-order valence-electron chi connectivity index (χ3n) is 4.21. The predicted molar refractivity (Wildman–Crippen MR) is 98.0 cm³/mol. The summed E-state index contributed by atoms with van der Waals surface area (Å²) < 4.78 is 0. The Kier molecular flexibility index (Phi) is 8.82. The van der Waals surface area contributed by atoms with Gasteiger partial charge in [-0.15, -0.1) is 0 Å². The highest BCUT2D eigenvalue weighted by molar-refractivity contribution is 5.03. The molecule has 0 spiro atoms. The normalized spacial score (nSPS) is 22.7. The van der Waals surface area contributed by atoms with Crippen molar-refractivity contribution in [2.75, 3.05) is 0 Å². The second-order valence-corrected chi connectivity index (χ2v) is 5.58. The van der Waals surface area contributed by atoms with Gasteiger partial charge in [-0.1, -0.05) is 51.3 Å².